The van der Waals surface area contributed by atoms with E-state index >= 15 is 0 Å². The van der Waals surface area contributed by atoms with Crippen LogP contribution in [0.25, 0.3) is 0 Å². The predicted molar refractivity (Wildman–Crippen MR) is 445 cm³/mol. The molecule has 0 aliphatic heterocycles. The van der Waals surface area contributed by atoms with E-state index in [1.165, 1.54) is 0 Å². The van der Waals surface area contributed by atoms with Crippen molar-refractivity contribution in [1.29, 1.82) is 0 Å². The van der Waals surface area contributed by atoms with Crippen LogP contribution in [0.2, 0.25) is 0 Å². The van der Waals surface area contributed by atoms with Gasteiger partial charge in [0.1, 0.15) is 19.3 Å². The average molecular weight is 1550 g/mol. The summed E-state index contributed by atoms with van der Waals surface area (Å²) in [6.07, 6.45) is 97.0. The van der Waals surface area contributed by atoms with Gasteiger partial charge in [0.2, 0.25) is 0 Å². The molecule has 3 N–H and O–H groups in total. The van der Waals surface area contributed by atoms with Gasteiger partial charge >= 0.3 is 39.5 Å². The van der Waals surface area contributed by atoms with E-state index in [0.29, 0.717) is 32.1 Å². The number of hydrogen-bond acceptors (Lipinski definition) is 15. The number of rotatable bonds is 74. The van der Waals surface area contributed by atoms with E-state index in [-0.39, 0.29) is 25.7 Å². The first-order valence-electron chi connectivity index (χ1n) is 40.7. The number of ether oxygens (including phenoxy) is 4. The minimum atomic E-state index is -5.01. The number of unbranched alkanes of at least 4 members (excludes halogenated alkanes) is 16. The lowest BCUT2D eigenvalue weighted by Gasteiger charge is -2.21. The van der Waals surface area contributed by atoms with Crippen LogP contribution in [0.3, 0.4) is 0 Å². The molecule has 0 saturated heterocycles. The van der Waals surface area contributed by atoms with Gasteiger partial charge in [-0.25, -0.2) is 9.13 Å². The van der Waals surface area contributed by atoms with E-state index in [9.17, 15) is 43.2 Å². The first-order valence-corrected chi connectivity index (χ1v) is 43.7. The molecule has 0 spiro atoms. The Bertz CT molecular complexity index is 2810. The van der Waals surface area contributed by atoms with Crippen LogP contribution in [0.5, 0.6) is 0 Å². The molecular formula is C89H142O17P2. The second-order valence-corrected chi connectivity index (χ2v) is 29.1. The zero-order valence-corrected chi connectivity index (χ0v) is 68.5. The number of carbonyl (C=O) groups is 4. The highest BCUT2D eigenvalue weighted by Crippen LogP contribution is 2.45. The van der Waals surface area contributed by atoms with E-state index in [4.69, 9.17) is 37.0 Å². The number of esters is 4. The molecule has 0 bridgehead atoms. The van der Waals surface area contributed by atoms with E-state index < -0.39 is 97.5 Å². The number of carbonyl (C=O) groups excluding carboxylic acids is 4. The van der Waals surface area contributed by atoms with Crippen LogP contribution in [-0.4, -0.2) is 96.7 Å². The first kappa shape index (κ1) is 102. The summed E-state index contributed by atoms with van der Waals surface area (Å²) in [6, 6.07) is 0. The Morgan fingerprint density at radius 2 is 0.491 bits per heavy atom. The smallest absolute Gasteiger partial charge is 0.462 e. The Labute approximate surface area is 653 Å². The maximum Gasteiger partial charge on any atom is 0.472 e. The molecule has 0 heterocycles. The van der Waals surface area contributed by atoms with Gasteiger partial charge in [0, 0.05) is 25.7 Å². The number of phosphoric ester groups is 2. The summed E-state index contributed by atoms with van der Waals surface area (Å²) in [5.41, 5.74) is 0. The fourth-order valence-electron chi connectivity index (χ4n) is 9.96. The number of aliphatic hydroxyl groups is 1. The Kier molecular flexibility index (Phi) is 74.5. The molecule has 0 saturated carbocycles. The number of hydrogen-bond donors (Lipinski definition) is 3. The minimum Gasteiger partial charge on any atom is -0.462 e. The minimum absolute atomic E-state index is 0.000607. The summed E-state index contributed by atoms with van der Waals surface area (Å²) in [7, 11) is -10.0. The summed E-state index contributed by atoms with van der Waals surface area (Å²) in [4.78, 5) is 73.1. The monoisotopic (exact) mass is 1540 g/mol. The SMILES string of the molecule is CC/C=C\C/C=C\C/C=C\C/C=C\C/C=C\CCCCCC(=O)OCC(COP(=O)(O)OCC(O)COP(=O)(O)OCC(COC(=O)CCCCCCCC/C=C\C/C=C\C/C=C\C/C=C\CC)OC(=O)CCCCCCC/C=C\C/C=C\CCC)OC(=O)CCC/C=C\C/C=C\C/C=C\C/C=C\C/C=C\CC. The lowest BCUT2D eigenvalue weighted by molar-refractivity contribution is -0.161. The predicted octanol–water partition coefficient (Wildman–Crippen LogP) is 24.1. The quantitative estimate of drug-likeness (QED) is 0.0169. The third kappa shape index (κ3) is 78.0. The summed E-state index contributed by atoms with van der Waals surface area (Å²) in [5, 5.41) is 10.7. The second-order valence-electron chi connectivity index (χ2n) is 26.2. The van der Waals surface area contributed by atoms with Crippen LogP contribution in [0.4, 0.5) is 0 Å². The van der Waals surface area contributed by atoms with E-state index in [1.807, 2.05) is 12.2 Å². The maximum atomic E-state index is 13.1. The van der Waals surface area contributed by atoms with E-state index in [1.54, 1.807) is 0 Å². The molecule has 0 fully saturated rings. The zero-order valence-electron chi connectivity index (χ0n) is 66.7. The Morgan fingerprint density at radius 3 is 0.787 bits per heavy atom. The molecule has 5 atom stereocenters. The van der Waals surface area contributed by atoms with Gasteiger partial charge in [-0.3, -0.25) is 37.3 Å². The average Bonchev–Trinajstić information content (AvgIpc) is 0.886. The molecule has 0 aromatic rings. The molecule has 5 unspecified atom stereocenters. The normalized spacial score (nSPS) is 14.8. The Hall–Kier alpha value is -6.10. The van der Waals surface area contributed by atoms with Gasteiger partial charge in [-0.2, -0.15) is 0 Å². The molecule has 0 aliphatic rings. The number of aliphatic hydroxyl groups excluding tert-OH is 1. The fourth-order valence-corrected chi connectivity index (χ4v) is 11.5. The summed E-state index contributed by atoms with van der Waals surface area (Å²) >= 11 is 0. The standard InChI is InChI=1S/C89H142O17P2/c1-5-9-13-17-21-25-29-33-36-39-41-44-46-50-53-57-61-65-69-73-86(91)99-79-84(105-88(93)75-71-67-63-59-55-49-32-28-24-20-16-12-8-4)81-103-107(95,96)101-77-83(90)78-102-108(97,98)104-82-85(106-89(94)76-72-68-64-60-56-52-48-43-38-35-31-27-23-19-15-11-7-3)80-100-87(92)74-70-66-62-58-54-51-47-45-42-40-37-34-30-26-22-18-14-10-6-2/h9-11,13-16,20-23,25-28,32-38,41-42,44-45,48,51-52,54,60,64,83-85,90H,5-8,12,17-19,24,29-31,39-40,43,46-47,49-50,53,55-59,61-63,65-82H2,1-4H3,(H,95,96)(H,97,98)/b13-9-,14-10-,15-11-,20-16-,25-21-,26-22-,27-23-,32-28-,36-33-,37-34-,38-35-,44-41-,45-42-,52-48-,54-51-,64-60-. The van der Waals surface area contributed by atoms with Crippen molar-refractivity contribution in [2.45, 2.75) is 303 Å². The van der Waals surface area contributed by atoms with Gasteiger partial charge in [0.05, 0.1) is 26.4 Å². The highest BCUT2D eigenvalue weighted by atomic mass is 31.2. The van der Waals surface area contributed by atoms with Crippen molar-refractivity contribution in [2.24, 2.45) is 0 Å². The molecule has 17 nitrogen and oxygen atoms in total. The number of allylic oxidation sites excluding steroid dienone is 32. The molecule has 0 aromatic heterocycles. The lowest BCUT2D eigenvalue weighted by atomic mass is 10.1. The van der Waals surface area contributed by atoms with Gasteiger partial charge in [-0.05, 0) is 173 Å². The Balaban J connectivity index is 5.48. The molecule has 0 aromatic carbocycles. The van der Waals surface area contributed by atoms with Crippen molar-refractivity contribution in [3.05, 3.63) is 194 Å². The van der Waals surface area contributed by atoms with E-state index in [2.05, 4.69) is 210 Å². The van der Waals surface area contributed by atoms with Crippen LogP contribution in [0.15, 0.2) is 194 Å². The lowest BCUT2D eigenvalue weighted by Crippen LogP contribution is -2.30. The first-order chi connectivity index (χ1) is 52.7. The van der Waals surface area contributed by atoms with Gasteiger partial charge < -0.3 is 33.8 Å². The fraction of sp³-hybridized carbons (Fsp3) is 0.596. The van der Waals surface area contributed by atoms with Gasteiger partial charge in [-0.1, -0.05) is 280 Å². The highest BCUT2D eigenvalue weighted by Gasteiger charge is 2.30. The summed E-state index contributed by atoms with van der Waals surface area (Å²) in [6.45, 7) is 4.31. The second kappa shape index (κ2) is 79.0. The molecule has 19 heteroatoms. The topological polar surface area (TPSA) is 237 Å². The largest absolute Gasteiger partial charge is 0.472 e. The van der Waals surface area contributed by atoms with Crippen molar-refractivity contribution in [1.82, 2.24) is 0 Å². The maximum absolute atomic E-state index is 13.1. The highest BCUT2D eigenvalue weighted by molar-refractivity contribution is 7.47. The third-order valence-electron chi connectivity index (χ3n) is 16.0. The molecule has 0 aliphatic carbocycles. The van der Waals surface area contributed by atoms with Gasteiger partial charge in [0.15, 0.2) is 12.2 Å². The van der Waals surface area contributed by atoms with Crippen molar-refractivity contribution in [3.63, 3.8) is 0 Å². The molecule has 0 amide bonds. The van der Waals surface area contributed by atoms with Crippen LogP contribution in [0.1, 0.15) is 285 Å². The van der Waals surface area contributed by atoms with Crippen LogP contribution in [-0.2, 0) is 65.4 Å². The molecular weight excluding hydrogens is 1400 g/mol. The molecule has 0 rings (SSSR count). The van der Waals surface area contributed by atoms with Crippen LogP contribution >= 0.6 is 15.6 Å². The molecule has 610 valence electrons. The Morgan fingerprint density at radius 1 is 0.269 bits per heavy atom. The van der Waals surface area contributed by atoms with Gasteiger partial charge in [-0.15, -0.1) is 0 Å². The van der Waals surface area contributed by atoms with Crippen LogP contribution < -0.4 is 0 Å². The van der Waals surface area contributed by atoms with Crippen molar-refractivity contribution in [3.8, 4) is 0 Å². The summed E-state index contributed by atoms with van der Waals surface area (Å²) < 4.78 is 68.6. The van der Waals surface area contributed by atoms with E-state index in [0.717, 1.165) is 199 Å². The van der Waals surface area contributed by atoms with Crippen molar-refractivity contribution >= 4 is 39.5 Å². The summed E-state index contributed by atoms with van der Waals surface area (Å²) in [5.74, 6) is -2.33. The van der Waals surface area contributed by atoms with Crippen LogP contribution in [0, 0.1) is 0 Å². The zero-order chi connectivity index (χ0) is 78.9. The number of phosphoric acid groups is 2. The van der Waals surface area contributed by atoms with Crippen molar-refractivity contribution < 1.29 is 80.2 Å². The van der Waals surface area contributed by atoms with Crippen molar-refractivity contribution in [2.75, 3.05) is 39.6 Å². The molecule has 108 heavy (non-hydrogen) atoms. The van der Waals surface area contributed by atoms with Gasteiger partial charge in [0.25, 0.3) is 0 Å². The third-order valence-corrected chi connectivity index (χ3v) is 17.9. The molecule has 0 radical (unpaired) electrons.